The number of carboxylic acids is 1. The van der Waals surface area contributed by atoms with Gasteiger partial charge in [-0.05, 0) is 35.2 Å². The summed E-state index contributed by atoms with van der Waals surface area (Å²) in [7, 11) is 0. The smallest absolute Gasteiger partial charge is 0.429 e. The van der Waals surface area contributed by atoms with Crippen molar-refractivity contribution in [3.63, 3.8) is 0 Å². The van der Waals surface area contributed by atoms with E-state index in [0.717, 1.165) is 0 Å². The Bertz CT molecular complexity index is 676. The van der Waals surface area contributed by atoms with Gasteiger partial charge in [0.05, 0.1) is 6.42 Å². The fourth-order valence-corrected chi connectivity index (χ4v) is 2.08. The van der Waals surface area contributed by atoms with Gasteiger partial charge in [-0.3, -0.25) is 9.59 Å². The maximum absolute atomic E-state index is 13.1. The highest BCUT2D eigenvalue weighted by atomic mass is 19.1. The van der Waals surface area contributed by atoms with Crippen molar-refractivity contribution in [1.82, 2.24) is 0 Å². The molecular weight excluding hydrogens is 319 g/mol. The van der Waals surface area contributed by atoms with E-state index in [2.05, 4.69) is 0 Å². The third-order valence-electron chi connectivity index (χ3n) is 3.28. The second-order valence-corrected chi connectivity index (χ2v) is 5.12. The van der Waals surface area contributed by atoms with E-state index < -0.39 is 43.0 Å². The first-order valence-corrected chi connectivity index (χ1v) is 7.05. The van der Waals surface area contributed by atoms with Crippen molar-refractivity contribution in [3.8, 4) is 0 Å². The van der Waals surface area contributed by atoms with Crippen LogP contribution in [0.1, 0.15) is 6.42 Å². The Morgan fingerprint density at radius 3 is 1.79 bits per heavy atom. The Morgan fingerprint density at radius 1 is 1.00 bits per heavy atom. The molecule has 0 saturated carbocycles. The zero-order valence-electron chi connectivity index (χ0n) is 12.5. The molecule has 24 heavy (non-hydrogen) atoms. The lowest BCUT2D eigenvalue weighted by atomic mass is 9.55. The summed E-state index contributed by atoms with van der Waals surface area (Å²) in [5.41, 5.74) is 6.38. The summed E-state index contributed by atoms with van der Waals surface area (Å²) in [5.74, 6) is -3.09. The number of carbonyl (C=O) groups excluding carboxylic acids is 1. The summed E-state index contributed by atoms with van der Waals surface area (Å²) in [6, 6.07) is 9.09. The van der Waals surface area contributed by atoms with Crippen molar-refractivity contribution >= 4 is 29.8 Å². The predicted octanol–water partition coefficient (Wildman–Crippen LogP) is 0.416. The standard InChI is InChI=1S/C16H14BF2NO4/c18-12-5-1-10(2-6-12)17(11-3-7-13(19)8-4-11)24-16(23)14(20)9-15(21)22/h1-8,14H,9,20H2,(H,21,22)/t14-/m0/s1. The van der Waals surface area contributed by atoms with Gasteiger partial charge in [0.2, 0.25) is 0 Å². The molecule has 0 radical (unpaired) electrons. The van der Waals surface area contributed by atoms with Gasteiger partial charge in [-0.1, -0.05) is 24.3 Å². The number of aliphatic carboxylic acids is 1. The molecule has 0 aliphatic rings. The van der Waals surface area contributed by atoms with Crippen molar-refractivity contribution in [2.75, 3.05) is 0 Å². The molecule has 0 bridgehead atoms. The summed E-state index contributed by atoms with van der Waals surface area (Å²) in [4.78, 5) is 22.7. The number of nitrogens with two attached hydrogens (primary N) is 1. The molecule has 0 aliphatic heterocycles. The van der Waals surface area contributed by atoms with E-state index in [-0.39, 0.29) is 0 Å². The number of carbonyl (C=O) groups is 2. The summed E-state index contributed by atoms with van der Waals surface area (Å²) in [6.45, 7) is -0.960. The van der Waals surface area contributed by atoms with Crippen LogP contribution in [0.25, 0.3) is 0 Å². The molecule has 2 aromatic carbocycles. The molecular formula is C16H14BF2NO4. The first-order valence-electron chi connectivity index (χ1n) is 7.05. The van der Waals surface area contributed by atoms with Crippen LogP contribution in [0.5, 0.6) is 0 Å². The average molecular weight is 333 g/mol. The van der Waals surface area contributed by atoms with Gasteiger partial charge in [0.1, 0.15) is 17.7 Å². The maximum Gasteiger partial charge on any atom is 0.429 e. The van der Waals surface area contributed by atoms with Gasteiger partial charge in [-0.2, -0.15) is 0 Å². The molecule has 2 rings (SSSR count). The maximum atomic E-state index is 13.1. The highest BCUT2D eigenvalue weighted by Crippen LogP contribution is 2.02. The van der Waals surface area contributed by atoms with E-state index >= 15 is 0 Å². The molecule has 0 amide bonds. The van der Waals surface area contributed by atoms with Crippen LogP contribution in [-0.2, 0) is 14.2 Å². The number of halogens is 2. The van der Waals surface area contributed by atoms with Gasteiger partial charge in [0.15, 0.2) is 0 Å². The lowest BCUT2D eigenvalue weighted by Crippen LogP contribution is -2.49. The van der Waals surface area contributed by atoms with E-state index in [9.17, 15) is 18.4 Å². The summed E-state index contributed by atoms with van der Waals surface area (Å²) in [6.07, 6.45) is -0.585. The van der Waals surface area contributed by atoms with Crippen LogP contribution >= 0.6 is 0 Å². The fraction of sp³-hybridized carbons (Fsp3) is 0.125. The van der Waals surface area contributed by atoms with Gasteiger partial charge in [-0.25, -0.2) is 8.78 Å². The zero-order valence-corrected chi connectivity index (χ0v) is 12.5. The lowest BCUT2D eigenvalue weighted by molar-refractivity contribution is -0.143. The Kier molecular flexibility index (Phi) is 5.65. The third kappa shape index (κ3) is 4.63. The van der Waals surface area contributed by atoms with Gasteiger partial charge in [0.25, 0.3) is 0 Å². The largest absolute Gasteiger partial charge is 0.525 e. The topological polar surface area (TPSA) is 89.6 Å². The number of carboxylic acid groups (broad SMARTS) is 1. The molecule has 8 heteroatoms. The molecule has 0 heterocycles. The van der Waals surface area contributed by atoms with E-state index in [1.54, 1.807) is 0 Å². The molecule has 5 nitrogen and oxygen atoms in total. The van der Waals surface area contributed by atoms with E-state index in [0.29, 0.717) is 10.9 Å². The minimum atomic E-state index is -1.34. The molecule has 124 valence electrons. The number of rotatable bonds is 6. The molecule has 0 aliphatic carbocycles. The van der Waals surface area contributed by atoms with Crippen LogP contribution in [0, 0.1) is 11.6 Å². The summed E-state index contributed by atoms with van der Waals surface area (Å²) >= 11 is 0. The Morgan fingerprint density at radius 2 is 1.42 bits per heavy atom. The Balaban J connectivity index is 2.29. The van der Waals surface area contributed by atoms with Crippen LogP contribution in [0.3, 0.4) is 0 Å². The minimum Gasteiger partial charge on any atom is -0.525 e. The monoisotopic (exact) mass is 333 g/mol. The van der Waals surface area contributed by atoms with E-state index in [1.807, 2.05) is 0 Å². The molecule has 0 fully saturated rings. The summed E-state index contributed by atoms with van der Waals surface area (Å²) < 4.78 is 31.5. The molecule has 1 atom stereocenters. The molecule has 0 spiro atoms. The van der Waals surface area contributed by atoms with Crippen LogP contribution < -0.4 is 16.7 Å². The zero-order chi connectivity index (χ0) is 17.7. The summed E-state index contributed by atoms with van der Waals surface area (Å²) in [5, 5.41) is 8.69. The molecule has 0 unspecified atom stereocenters. The average Bonchev–Trinajstić information content (AvgIpc) is 2.53. The molecule has 2 aromatic rings. The second-order valence-electron chi connectivity index (χ2n) is 5.12. The third-order valence-corrected chi connectivity index (χ3v) is 3.28. The van der Waals surface area contributed by atoms with Gasteiger partial charge in [-0.15, -0.1) is 0 Å². The number of hydrogen-bond donors (Lipinski definition) is 2. The Hall–Kier alpha value is -2.74. The molecule has 0 aromatic heterocycles. The van der Waals surface area contributed by atoms with Crippen molar-refractivity contribution in [2.45, 2.75) is 12.5 Å². The number of hydrogen-bond acceptors (Lipinski definition) is 4. The quantitative estimate of drug-likeness (QED) is 0.748. The van der Waals surface area contributed by atoms with Gasteiger partial charge >= 0.3 is 18.9 Å². The van der Waals surface area contributed by atoms with Crippen LogP contribution in [0.2, 0.25) is 0 Å². The highest BCUT2D eigenvalue weighted by Gasteiger charge is 2.29. The Labute approximate surface area is 137 Å². The SMILES string of the molecule is N[C@@H](CC(=O)O)C(=O)OB(c1ccc(F)cc1)c1ccc(F)cc1. The first-order chi connectivity index (χ1) is 11.4. The van der Waals surface area contributed by atoms with Gasteiger partial charge in [0, 0.05) is 0 Å². The van der Waals surface area contributed by atoms with Crippen LogP contribution in [0.15, 0.2) is 48.5 Å². The van der Waals surface area contributed by atoms with Crippen molar-refractivity contribution < 1.29 is 28.1 Å². The van der Waals surface area contributed by atoms with Gasteiger partial charge < -0.3 is 15.5 Å². The van der Waals surface area contributed by atoms with Crippen LogP contribution in [0.4, 0.5) is 8.78 Å². The van der Waals surface area contributed by atoms with E-state index in [1.165, 1.54) is 48.5 Å². The molecule has 0 saturated heterocycles. The normalized spacial score (nSPS) is 11.6. The minimum absolute atomic E-state index is 0.443. The fourth-order valence-electron chi connectivity index (χ4n) is 2.08. The first kappa shape index (κ1) is 17.6. The van der Waals surface area contributed by atoms with E-state index in [4.69, 9.17) is 15.5 Å². The van der Waals surface area contributed by atoms with Crippen molar-refractivity contribution in [1.29, 1.82) is 0 Å². The second kappa shape index (κ2) is 7.69. The van der Waals surface area contributed by atoms with Crippen LogP contribution in [-0.4, -0.2) is 30.0 Å². The highest BCUT2D eigenvalue weighted by molar-refractivity contribution is 6.81. The van der Waals surface area contributed by atoms with Crippen molar-refractivity contribution in [2.24, 2.45) is 5.73 Å². The predicted molar refractivity (Wildman–Crippen MR) is 84.1 cm³/mol. The lowest BCUT2D eigenvalue weighted by Gasteiger charge is -2.17. The number of benzene rings is 2. The van der Waals surface area contributed by atoms with Crippen molar-refractivity contribution in [3.05, 3.63) is 60.2 Å². The molecule has 3 N–H and O–H groups in total.